The van der Waals surface area contributed by atoms with Gasteiger partial charge >= 0.3 is 0 Å². The summed E-state index contributed by atoms with van der Waals surface area (Å²) in [5, 5.41) is 2.19. The van der Waals surface area contributed by atoms with Crippen LogP contribution in [0.15, 0.2) is 5.03 Å². The molecule has 2 aromatic rings. The summed E-state index contributed by atoms with van der Waals surface area (Å²) in [6.45, 7) is 7.34. The smallest absolute Gasteiger partial charge is 0.233 e. The Bertz CT molecular complexity index is 826. The molecular formula is C19H25N3O2S2. The molecule has 1 aliphatic carbocycles. The minimum atomic E-state index is 0.101. The quantitative estimate of drug-likeness (QED) is 0.591. The molecule has 2 aliphatic rings. The van der Waals surface area contributed by atoms with Gasteiger partial charge in [-0.15, -0.1) is 11.3 Å². The molecule has 1 amide bonds. The van der Waals surface area contributed by atoms with E-state index < -0.39 is 0 Å². The Morgan fingerprint density at radius 3 is 2.73 bits per heavy atom. The number of nitrogens with zero attached hydrogens (tertiary/aromatic N) is 3. The fourth-order valence-corrected chi connectivity index (χ4v) is 6.31. The van der Waals surface area contributed by atoms with Crippen LogP contribution in [0.2, 0.25) is 0 Å². The summed E-state index contributed by atoms with van der Waals surface area (Å²) in [6, 6.07) is 0. The Morgan fingerprint density at radius 2 is 1.96 bits per heavy atom. The number of thiophene rings is 1. The van der Waals surface area contributed by atoms with Crippen LogP contribution in [0.3, 0.4) is 0 Å². The van der Waals surface area contributed by atoms with Gasteiger partial charge in [-0.25, -0.2) is 9.97 Å². The summed E-state index contributed by atoms with van der Waals surface area (Å²) < 4.78 is 5.73. The fourth-order valence-electron chi connectivity index (χ4n) is 3.93. The standard InChI is InChI=1S/C19H25N3O2S2/c1-11-8-22(9-12(2)24-11)16(23)10-25-18-17-14-6-4-5-7-15(14)26-19(17)21-13(3)20-18/h11-12H,4-10H2,1-3H3/t11-,12+. The van der Waals surface area contributed by atoms with Gasteiger partial charge in [-0.1, -0.05) is 11.8 Å². The molecule has 0 aromatic carbocycles. The van der Waals surface area contributed by atoms with Crippen molar-refractivity contribution in [3.05, 3.63) is 16.3 Å². The number of rotatable bonds is 3. The molecule has 5 nitrogen and oxygen atoms in total. The predicted octanol–water partition coefficient (Wildman–Crippen LogP) is 3.61. The van der Waals surface area contributed by atoms with Crippen LogP contribution >= 0.6 is 23.1 Å². The Kier molecular flexibility index (Phi) is 5.21. The molecule has 2 aromatic heterocycles. The number of aryl methyl sites for hydroxylation is 3. The van der Waals surface area contributed by atoms with Crippen molar-refractivity contribution in [1.29, 1.82) is 0 Å². The van der Waals surface area contributed by atoms with Crippen LogP contribution in [0.1, 0.15) is 43.0 Å². The highest BCUT2D eigenvalue weighted by Crippen LogP contribution is 2.39. The van der Waals surface area contributed by atoms with Gasteiger partial charge in [0.05, 0.1) is 18.0 Å². The molecule has 0 saturated carbocycles. The Morgan fingerprint density at radius 1 is 1.23 bits per heavy atom. The number of amides is 1. The first kappa shape index (κ1) is 18.2. The Hall–Kier alpha value is -1.18. The first-order chi connectivity index (χ1) is 12.5. The van der Waals surface area contributed by atoms with Gasteiger partial charge in [0.15, 0.2) is 0 Å². The van der Waals surface area contributed by atoms with E-state index in [-0.39, 0.29) is 18.1 Å². The average Bonchev–Trinajstić information content (AvgIpc) is 2.96. The highest BCUT2D eigenvalue weighted by atomic mass is 32.2. The lowest BCUT2D eigenvalue weighted by molar-refractivity contribution is -0.140. The molecular weight excluding hydrogens is 366 g/mol. The first-order valence-electron chi connectivity index (χ1n) is 9.36. The maximum Gasteiger partial charge on any atom is 0.233 e. The van der Waals surface area contributed by atoms with Crippen molar-refractivity contribution < 1.29 is 9.53 Å². The fraction of sp³-hybridized carbons (Fsp3) is 0.632. The largest absolute Gasteiger partial charge is 0.372 e. The summed E-state index contributed by atoms with van der Waals surface area (Å²) in [5.74, 6) is 1.39. The van der Waals surface area contributed by atoms with Gasteiger partial charge in [0, 0.05) is 23.4 Å². The number of carbonyl (C=O) groups excluding carboxylic acids is 1. The lowest BCUT2D eigenvalue weighted by Gasteiger charge is -2.35. The SMILES string of the molecule is Cc1nc(SCC(=O)N2C[C@@H](C)O[C@@H](C)C2)c2c3c(sc2n1)CCCC3. The van der Waals surface area contributed by atoms with Crippen LogP contribution in [0, 0.1) is 6.92 Å². The average molecular weight is 392 g/mol. The molecule has 2 atom stereocenters. The van der Waals surface area contributed by atoms with Crippen molar-refractivity contribution in [1.82, 2.24) is 14.9 Å². The molecule has 0 bridgehead atoms. The molecule has 0 unspecified atom stereocenters. The molecule has 7 heteroatoms. The highest BCUT2D eigenvalue weighted by molar-refractivity contribution is 8.00. The van der Waals surface area contributed by atoms with Crippen molar-refractivity contribution in [2.45, 2.75) is 63.7 Å². The van der Waals surface area contributed by atoms with Crippen LogP contribution in [0.5, 0.6) is 0 Å². The third-order valence-electron chi connectivity index (χ3n) is 5.00. The molecule has 1 fully saturated rings. The zero-order valence-corrected chi connectivity index (χ0v) is 17.2. The second-order valence-corrected chi connectivity index (χ2v) is 9.36. The molecule has 140 valence electrons. The number of ether oxygens (including phenoxy) is 1. The van der Waals surface area contributed by atoms with Crippen molar-refractivity contribution in [3.8, 4) is 0 Å². The molecule has 0 radical (unpaired) electrons. The molecule has 0 N–H and O–H groups in total. The third-order valence-corrected chi connectivity index (χ3v) is 7.14. The first-order valence-corrected chi connectivity index (χ1v) is 11.2. The lowest BCUT2D eigenvalue weighted by Crippen LogP contribution is -2.48. The Balaban J connectivity index is 1.55. The monoisotopic (exact) mass is 391 g/mol. The molecule has 3 heterocycles. The predicted molar refractivity (Wildman–Crippen MR) is 106 cm³/mol. The molecule has 4 rings (SSSR count). The summed E-state index contributed by atoms with van der Waals surface area (Å²) in [7, 11) is 0. The van der Waals surface area contributed by atoms with Crippen LogP contribution in [-0.4, -0.2) is 51.8 Å². The normalized spacial score (nSPS) is 23.3. The van der Waals surface area contributed by atoms with Gasteiger partial charge in [-0.05, 0) is 52.0 Å². The maximum absolute atomic E-state index is 12.7. The number of carbonyl (C=O) groups is 1. The molecule has 1 aliphatic heterocycles. The van der Waals surface area contributed by atoms with Gasteiger partial charge < -0.3 is 9.64 Å². The second kappa shape index (κ2) is 7.44. The number of aromatic nitrogens is 2. The molecule has 0 spiro atoms. The number of hydrogen-bond donors (Lipinski definition) is 0. The van der Waals surface area contributed by atoms with Crippen molar-refractivity contribution in [3.63, 3.8) is 0 Å². The zero-order valence-electron chi connectivity index (χ0n) is 15.6. The van der Waals surface area contributed by atoms with E-state index in [2.05, 4.69) is 4.98 Å². The van der Waals surface area contributed by atoms with E-state index in [0.29, 0.717) is 18.8 Å². The van der Waals surface area contributed by atoms with Crippen LogP contribution < -0.4 is 0 Å². The summed E-state index contributed by atoms with van der Waals surface area (Å²) in [4.78, 5) is 26.6. The number of thioether (sulfide) groups is 1. The van der Waals surface area contributed by atoms with E-state index in [1.165, 1.54) is 28.7 Å². The van der Waals surface area contributed by atoms with E-state index in [9.17, 15) is 4.79 Å². The van der Waals surface area contributed by atoms with Crippen molar-refractivity contribution in [2.75, 3.05) is 18.8 Å². The maximum atomic E-state index is 12.7. The lowest BCUT2D eigenvalue weighted by atomic mass is 9.97. The number of hydrogen-bond acceptors (Lipinski definition) is 6. The second-order valence-electron chi connectivity index (χ2n) is 7.31. The topological polar surface area (TPSA) is 55.3 Å². The van der Waals surface area contributed by atoms with Gasteiger partial charge in [0.2, 0.25) is 5.91 Å². The summed E-state index contributed by atoms with van der Waals surface area (Å²) >= 11 is 3.38. The third kappa shape index (κ3) is 3.62. The minimum absolute atomic E-state index is 0.101. The number of fused-ring (bicyclic) bond motifs is 3. The van der Waals surface area contributed by atoms with Crippen LogP contribution in [0.25, 0.3) is 10.2 Å². The Labute approximate surface area is 162 Å². The van der Waals surface area contributed by atoms with E-state index in [4.69, 9.17) is 9.72 Å². The van der Waals surface area contributed by atoms with Crippen molar-refractivity contribution >= 4 is 39.2 Å². The molecule has 26 heavy (non-hydrogen) atoms. The van der Waals surface area contributed by atoms with Crippen LogP contribution in [0.4, 0.5) is 0 Å². The minimum Gasteiger partial charge on any atom is -0.372 e. The summed E-state index contributed by atoms with van der Waals surface area (Å²) in [5.41, 5.74) is 1.43. The van der Waals surface area contributed by atoms with Crippen LogP contribution in [-0.2, 0) is 22.4 Å². The van der Waals surface area contributed by atoms with E-state index >= 15 is 0 Å². The van der Waals surface area contributed by atoms with E-state index in [1.807, 2.05) is 37.0 Å². The van der Waals surface area contributed by atoms with Crippen molar-refractivity contribution in [2.24, 2.45) is 0 Å². The van der Waals surface area contributed by atoms with E-state index in [1.54, 1.807) is 11.8 Å². The van der Waals surface area contributed by atoms with Gasteiger partial charge in [-0.3, -0.25) is 4.79 Å². The highest BCUT2D eigenvalue weighted by Gasteiger charge is 2.27. The van der Waals surface area contributed by atoms with Gasteiger partial charge in [0.1, 0.15) is 15.7 Å². The summed E-state index contributed by atoms with van der Waals surface area (Å²) in [6.07, 6.45) is 4.97. The van der Waals surface area contributed by atoms with E-state index in [0.717, 1.165) is 28.5 Å². The zero-order chi connectivity index (χ0) is 18.3. The number of morpholine rings is 1. The molecule has 1 saturated heterocycles. The van der Waals surface area contributed by atoms with Gasteiger partial charge in [0.25, 0.3) is 0 Å². The van der Waals surface area contributed by atoms with Gasteiger partial charge in [-0.2, -0.15) is 0 Å².